The van der Waals surface area contributed by atoms with Gasteiger partial charge in [0.2, 0.25) is 5.91 Å². The van der Waals surface area contributed by atoms with Gasteiger partial charge < -0.3 is 5.32 Å². The molecule has 2 atom stereocenters. The zero-order valence-corrected chi connectivity index (χ0v) is 15.9. The number of amides is 1. The molecule has 25 heavy (non-hydrogen) atoms. The minimum absolute atomic E-state index is 0.0252. The SMILES string of the molecule is Cc1ccc(-n2nc(C)c3c2NC(=O)[C@@H](C)S[C@@H]3c2ccsc2)cc1. The van der Waals surface area contributed by atoms with Crippen LogP contribution < -0.4 is 5.32 Å². The number of nitrogens with one attached hydrogen (secondary N) is 1. The number of nitrogens with zero attached hydrogens (tertiary/aromatic N) is 2. The highest BCUT2D eigenvalue weighted by Crippen LogP contribution is 2.46. The molecule has 1 aromatic carbocycles. The number of thioether (sulfide) groups is 1. The number of hydrogen-bond acceptors (Lipinski definition) is 4. The predicted octanol–water partition coefficient (Wildman–Crippen LogP) is 4.71. The average molecular weight is 370 g/mol. The van der Waals surface area contributed by atoms with E-state index in [4.69, 9.17) is 5.10 Å². The van der Waals surface area contributed by atoms with Gasteiger partial charge in [-0.15, -0.1) is 11.8 Å². The molecule has 0 aliphatic carbocycles. The molecule has 6 heteroatoms. The van der Waals surface area contributed by atoms with Crippen LogP contribution in [0.4, 0.5) is 5.82 Å². The molecule has 1 aliphatic heterocycles. The van der Waals surface area contributed by atoms with E-state index in [1.54, 1.807) is 23.1 Å². The smallest absolute Gasteiger partial charge is 0.238 e. The lowest BCUT2D eigenvalue weighted by molar-refractivity contribution is -0.115. The monoisotopic (exact) mass is 369 g/mol. The number of anilines is 1. The van der Waals surface area contributed by atoms with Crippen LogP contribution in [0.5, 0.6) is 0 Å². The summed E-state index contributed by atoms with van der Waals surface area (Å²) >= 11 is 3.36. The van der Waals surface area contributed by atoms with E-state index in [1.807, 2.05) is 30.7 Å². The molecule has 0 spiro atoms. The third kappa shape index (κ3) is 2.89. The summed E-state index contributed by atoms with van der Waals surface area (Å²) in [5.74, 6) is 0.816. The molecule has 4 nitrogen and oxygen atoms in total. The van der Waals surface area contributed by atoms with Crippen LogP contribution in [0.1, 0.15) is 34.6 Å². The highest BCUT2D eigenvalue weighted by Gasteiger charge is 2.34. The van der Waals surface area contributed by atoms with Crippen molar-refractivity contribution in [3.8, 4) is 5.69 Å². The van der Waals surface area contributed by atoms with Crippen molar-refractivity contribution in [1.29, 1.82) is 0 Å². The van der Waals surface area contributed by atoms with Crippen molar-refractivity contribution in [3.05, 3.63) is 63.5 Å². The Kier molecular flexibility index (Phi) is 4.17. The Bertz CT molecular complexity index is 913. The Balaban J connectivity index is 1.90. The topological polar surface area (TPSA) is 46.9 Å². The van der Waals surface area contributed by atoms with Gasteiger partial charge in [-0.1, -0.05) is 17.7 Å². The molecule has 0 bridgehead atoms. The number of aryl methyl sites for hydroxylation is 2. The first-order valence-corrected chi connectivity index (χ1v) is 10.1. The van der Waals surface area contributed by atoms with Gasteiger partial charge in [0.05, 0.1) is 21.9 Å². The molecule has 1 amide bonds. The van der Waals surface area contributed by atoms with Gasteiger partial charge >= 0.3 is 0 Å². The molecular formula is C19H19N3OS2. The summed E-state index contributed by atoms with van der Waals surface area (Å²) in [5, 5.41) is 12.1. The lowest BCUT2D eigenvalue weighted by atomic mass is 10.1. The van der Waals surface area contributed by atoms with E-state index in [0.29, 0.717) is 0 Å². The normalized spacial score (nSPS) is 20.0. The molecule has 3 aromatic rings. The molecule has 1 aliphatic rings. The Morgan fingerprint density at radius 1 is 1.16 bits per heavy atom. The third-order valence-corrected chi connectivity index (χ3v) is 6.55. The maximum atomic E-state index is 12.6. The van der Waals surface area contributed by atoms with Crippen LogP contribution in [0.15, 0.2) is 41.1 Å². The van der Waals surface area contributed by atoms with Gasteiger partial charge in [-0.2, -0.15) is 16.4 Å². The van der Waals surface area contributed by atoms with Crippen LogP contribution in [0.3, 0.4) is 0 Å². The molecule has 4 rings (SSSR count). The maximum Gasteiger partial charge on any atom is 0.238 e. The molecule has 0 saturated carbocycles. The molecule has 0 saturated heterocycles. The fourth-order valence-corrected chi connectivity index (χ4v) is 5.15. The summed E-state index contributed by atoms with van der Waals surface area (Å²) in [4.78, 5) is 12.6. The molecule has 0 fully saturated rings. The number of carbonyl (C=O) groups excluding carboxylic acids is 1. The minimum Gasteiger partial charge on any atom is -0.309 e. The van der Waals surface area contributed by atoms with Crippen molar-refractivity contribution in [2.24, 2.45) is 0 Å². The summed E-state index contributed by atoms with van der Waals surface area (Å²) < 4.78 is 1.86. The number of hydrogen-bond donors (Lipinski definition) is 1. The van der Waals surface area contributed by atoms with Crippen LogP contribution in [0.2, 0.25) is 0 Å². The van der Waals surface area contributed by atoms with Crippen molar-refractivity contribution in [2.45, 2.75) is 31.3 Å². The Hall–Kier alpha value is -2.05. The second-order valence-electron chi connectivity index (χ2n) is 6.30. The fourth-order valence-electron chi connectivity index (χ4n) is 3.07. The van der Waals surface area contributed by atoms with E-state index in [2.05, 4.69) is 41.2 Å². The summed E-state index contributed by atoms with van der Waals surface area (Å²) in [6.07, 6.45) is 0. The highest BCUT2D eigenvalue weighted by molar-refractivity contribution is 8.01. The maximum absolute atomic E-state index is 12.6. The number of aromatic nitrogens is 2. The molecule has 3 heterocycles. The van der Waals surface area contributed by atoms with Gasteiger partial charge in [-0.25, -0.2) is 4.68 Å². The highest BCUT2D eigenvalue weighted by atomic mass is 32.2. The molecule has 0 unspecified atom stereocenters. The zero-order chi connectivity index (χ0) is 17.6. The second kappa shape index (κ2) is 6.35. The minimum atomic E-state index is -0.122. The summed E-state index contributed by atoms with van der Waals surface area (Å²) in [5.41, 5.74) is 5.43. The molecule has 128 valence electrons. The van der Waals surface area contributed by atoms with Crippen LogP contribution in [-0.4, -0.2) is 20.9 Å². The quantitative estimate of drug-likeness (QED) is 0.711. The van der Waals surface area contributed by atoms with Gasteiger partial charge in [-0.3, -0.25) is 4.79 Å². The van der Waals surface area contributed by atoms with E-state index >= 15 is 0 Å². The third-order valence-electron chi connectivity index (χ3n) is 4.44. The van der Waals surface area contributed by atoms with Gasteiger partial charge in [0.25, 0.3) is 0 Å². The predicted molar refractivity (Wildman–Crippen MR) is 105 cm³/mol. The van der Waals surface area contributed by atoms with Crippen molar-refractivity contribution in [2.75, 3.05) is 5.32 Å². The number of carbonyl (C=O) groups is 1. The van der Waals surface area contributed by atoms with Gasteiger partial charge in [-0.05, 0) is 55.3 Å². The van der Waals surface area contributed by atoms with E-state index in [9.17, 15) is 4.79 Å². The molecule has 0 radical (unpaired) electrons. The second-order valence-corrected chi connectivity index (χ2v) is 8.53. The number of fused-ring (bicyclic) bond motifs is 1. The van der Waals surface area contributed by atoms with Gasteiger partial charge in [0.15, 0.2) is 0 Å². The Morgan fingerprint density at radius 2 is 1.92 bits per heavy atom. The molecule has 2 aromatic heterocycles. The average Bonchev–Trinajstić information content (AvgIpc) is 3.19. The van der Waals surface area contributed by atoms with Crippen LogP contribution in [0.25, 0.3) is 5.69 Å². The summed E-state index contributed by atoms with van der Waals surface area (Å²) in [7, 11) is 0. The van der Waals surface area contributed by atoms with Crippen LogP contribution in [-0.2, 0) is 4.79 Å². The lowest BCUT2D eigenvalue weighted by Crippen LogP contribution is -2.22. The van der Waals surface area contributed by atoms with E-state index < -0.39 is 0 Å². The van der Waals surface area contributed by atoms with E-state index in [0.717, 1.165) is 22.8 Å². The summed E-state index contributed by atoms with van der Waals surface area (Å²) in [6.45, 7) is 6.04. The van der Waals surface area contributed by atoms with Crippen molar-refractivity contribution in [1.82, 2.24) is 9.78 Å². The zero-order valence-electron chi connectivity index (χ0n) is 14.3. The Morgan fingerprint density at radius 3 is 2.60 bits per heavy atom. The largest absolute Gasteiger partial charge is 0.309 e. The van der Waals surface area contributed by atoms with Crippen LogP contribution >= 0.6 is 23.1 Å². The first-order chi connectivity index (χ1) is 12.0. The van der Waals surface area contributed by atoms with Crippen molar-refractivity contribution < 1.29 is 4.79 Å². The number of rotatable bonds is 2. The Labute approximate surface area is 155 Å². The van der Waals surface area contributed by atoms with Crippen LogP contribution in [0, 0.1) is 13.8 Å². The van der Waals surface area contributed by atoms with Gasteiger partial charge in [0, 0.05) is 5.56 Å². The fraction of sp³-hybridized carbons (Fsp3) is 0.263. The molecular weight excluding hydrogens is 350 g/mol. The number of benzene rings is 1. The van der Waals surface area contributed by atoms with Gasteiger partial charge in [0.1, 0.15) is 5.82 Å². The molecule has 1 N–H and O–H groups in total. The van der Waals surface area contributed by atoms with Crippen molar-refractivity contribution >= 4 is 34.8 Å². The summed E-state index contributed by atoms with van der Waals surface area (Å²) in [6, 6.07) is 10.3. The number of thiophene rings is 1. The first kappa shape index (κ1) is 16.4. The van der Waals surface area contributed by atoms with E-state index in [1.165, 1.54) is 11.1 Å². The lowest BCUT2D eigenvalue weighted by Gasteiger charge is -2.15. The standard InChI is InChI=1S/C19H19N3OS2/c1-11-4-6-15(7-5-11)22-18-16(12(2)21-22)17(14-8-9-24-10-14)25-13(3)19(23)20-18/h4-10,13,17H,1-3H3,(H,20,23)/t13-,17-/m1/s1. The van der Waals surface area contributed by atoms with Crippen molar-refractivity contribution in [3.63, 3.8) is 0 Å². The first-order valence-electron chi connectivity index (χ1n) is 8.19. The van der Waals surface area contributed by atoms with E-state index in [-0.39, 0.29) is 16.4 Å².